The van der Waals surface area contributed by atoms with Crippen LogP contribution in [-0.2, 0) is 0 Å². The van der Waals surface area contributed by atoms with Gasteiger partial charge in [0.25, 0.3) is 0 Å². The maximum absolute atomic E-state index is 13.2. The lowest BCUT2D eigenvalue weighted by molar-refractivity contribution is 0.0455. The molecule has 0 heterocycles. The van der Waals surface area contributed by atoms with Crippen LogP contribution >= 0.6 is 0 Å². The van der Waals surface area contributed by atoms with Crippen molar-refractivity contribution >= 4 is 0 Å². The molecule has 0 amide bonds. The minimum Gasteiger partial charge on any atom is -0.388 e. The van der Waals surface area contributed by atoms with Crippen molar-refractivity contribution in [1.82, 2.24) is 0 Å². The van der Waals surface area contributed by atoms with Gasteiger partial charge in [0.2, 0.25) is 0 Å². The van der Waals surface area contributed by atoms with Gasteiger partial charge < -0.3 is 5.11 Å². The van der Waals surface area contributed by atoms with E-state index in [0.29, 0.717) is 0 Å². The highest BCUT2D eigenvalue weighted by atomic mass is 19.1. The summed E-state index contributed by atoms with van der Waals surface area (Å²) >= 11 is 0. The largest absolute Gasteiger partial charge is 0.388 e. The summed E-state index contributed by atoms with van der Waals surface area (Å²) in [6.45, 7) is 9.80. The molecule has 0 saturated heterocycles. The Labute approximate surface area is 97.3 Å². The van der Waals surface area contributed by atoms with Gasteiger partial charge in [-0.1, -0.05) is 20.8 Å². The van der Waals surface area contributed by atoms with Gasteiger partial charge in [0.15, 0.2) is 0 Å². The van der Waals surface area contributed by atoms with Gasteiger partial charge >= 0.3 is 0 Å². The Kier molecular flexibility index (Phi) is 3.74. The number of rotatable bonds is 3. The molecular formula is C14H21FO. The molecule has 1 aromatic carbocycles. The molecule has 0 aliphatic rings. The smallest absolute Gasteiger partial charge is 0.123 e. The topological polar surface area (TPSA) is 20.2 Å². The fraction of sp³-hybridized carbons (Fsp3) is 0.571. The summed E-state index contributed by atoms with van der Waals surface area (Å²) in [4.78, 5) is 0. The zero-order chi connectivity index (χ0) is 12.5. The zero-order valence-electron chi connectivity index (χ0n) is 10.8. The summed E-state index contributed by atoms with van der Waals surface area (Å²) in [7, 11) is 0. The third-order valence-electron chi connectivity index (χ3n) is 3.48. The third kappa shape index (κ3) is 2.43. The van der Waals surface area contributed by atoms with Gasteiger partial charge in [0.05, 0.1) is 6.10 Å². The molecule has 1 nitrogen and oxygen atoms in total. The van der Waals surface area contributed by atoms with E-state index in [0.717, 1.165) is 23.1 Å². The molecule has 1 rings (SSSR count). The number of aliphatic hydroxyl groups is 1. The summed E-state index contributed by atoms with van der Waals surface area (Å²) < 4.78 is 13.2. The van der Waals surface area contributed by atoms with Gasteiger partial charge in [0.1, 0.15) is 5.82 Å². The molecule has 0 fully saturated rings. The highest BCUT2D eigenvalue weighted by molar-refractivity contribution is 5.36. The monoisotopic (exact) mass is 224 g/mol. The third-order valence-corrected chi connectivity index (χ3v) is 3.48. The molecular weight excluding hydrogens is 203 g/mol. The van der Waals surface area contributed by atoms with Crippen LogP contribution in [0.4, 0.5) is 4.39 Å². The van der Waals surface area contributed by atoms with Gasteiger partial charge in [-0.25, -0.2) is 4.39 Å². The van der Waals surface area contributed by atoms with Gasteiger partial charge in [-0.05, 0) is 54.5 Å². The van der Waals surface area contributed by atoms with E-state index in [1.54, 1.807) is 0 Å². The van der Waals surface area contributed by atoms with E-state index in [2.05, 4.69) is 6.92 Å². The minimum atomic E-state index is -0.543. The maximum atomic E-state index is 13.2. The van der Waals surface area contributed by atoms with Gasteiger partial charge in [-0.3, -0.25) is 0 Å². The molecule has 1 atom stereocenters. The molecule has 90 valence electrons. The molecule has 1 unspecified atom stereocenters. The number of hydrogen-bond acceptors (Lipinski definition) is 1. The van der Waals surface area contributed by atoms with Crippen molar-refractivity contribution in [2.45, 2.75) is 47.1 Å². The Hall–Kier alpha value is -0.890. The van der Waals surface area contributed by atoms with Gasteiger partial charge in [0, 0.05) is 0 Å². The second-order valence-electron chi connectivity index (χ2n) is 5.20. The molecule has 0 aliphatic carbocycles. The fourth-order valence-electron chi connectivity index (χ4n) is 1.94. The normalized spacial score (nSPS) is 13.9. The van der Waals surface area contributed by atoms with Crippen LogP contribution in [0.25, 0.3) is 0 Å². The van der Waals surface area contributed by atoms with E-state index < -0.39 is 6.10 Å². The summed E-state index contributed by atoms with van der Waals surface area (Å²) in [5, 5.41) is 10.4. The number of halogens is 1. The summed E-state index contributed by atoms with van der Waals surface area (Å²) in [5.41, 5.74) is 2.33. The van der Waals surface area contributed by atoms with Crippen LogP contribution in [-0.4, -0.2) is 5.11 Å². The van der Waals surface area contributed by atoms with Crippen LogP contribution in [0.3, 0.4) is 0 Å². The van der Waals surface area contributed by atoms with Crippen LogP contribution in [0.15, 0.2) is 12.1 Å². The zero-order valence-corrected chi connectivity index (χ0v) is 10.8. The quantitative estimate of drug-likeness (QED) is 0.825. The van der Waals surface area contributed by atoms with E-state index in [4.69, 9.17) is 0 Å². The van der Waals surface area contributed by atoms with Crippen LogP contribution in [0.2, 0.25) is 0 Å². The summed E-state index contributed by atoms with van der Waals surface area (Å²) in [6.07, 6.45) is 0.336. The van der Waals surface area contributed by atoms with E-state index in [1.807, 2.05) is 27.7 Å². The molecule has 0 aliphatic heterocycles. The average molecular weight is 224 g/mol. The SMILES string of the molecule is CCC(C)(C)C(O)c1c(C)cc(F)cc1C. The Morgan fingerprint density at radius 1 is 1.25 bits per heavy atom. The second-order valence-corrected chi connectivity index (χ2v) is 5.20. The lowest BCUT2D eigenvalue weighted by Gasteiger charge is -2.31. The predicted octanol–water partition coefficient (Wildman–Crippen LogP) is 3.91. The lowest BCUT2D eigenvalue weighted by atomic mass is 9.78. The van der Waals surface area contributed by atoms with Crippen molar-refractivity contribution in [2.24, 2.45) is 5.41 Å². The predicted molar refractivity (Wildman–Crippen MR) is 64.9 cm³/mol. The fourth-order valence-corrected chi connectivity index (χ4v) is 1.94. The van der Waals surface area contributed by atoms with Crippen molar-refractivity contribution in [3.63, 3.8) is 0 Å². The molecule has 1 N–H and O–H groups in total. The lowest BCUT2D eigenvalue weighted by Crippen LogP contribution is -2.22. The summed E-state index contributed by atoms with van der Waals surface area (Å²) in [6, 6.07) is 2.97. The van der Waals surface area contributed by atoms with Gasteiger partial charge in [-0.2, -0.15) is 0 Å². The van der Waals surface area contributed by atoms with Crippen LogP contribution in [0.5, 0.6) is 0 Å². The van der Waals surface area contributed by atoms with Crippen LogP contribution < -0.4 is 0 Å². The Morgan fingerprint density at radius 2 is 1.69 bits per heavy atom. The number of hydrogen-bond donors (Lipinski definition) is 1. The molecule has 16 heavy (non-hydrogen) atoms. The van der Waals surface area contributed by atoms with Crippen molar-refractivity contribution < 1.29 is 9.50 Å². The van der Waals surface area contributed by atoms with Crippen LogP contribution in [0, 0.1) is 25.1 Å². The highest BCUT2D eigenvalue weighted by Gasteiger charge is 2.29. The maximum Gasteiger partial charge on any atom is 0.123 e. The Balaban J connectivity index is 3.24. The Bertz CT molecular complexity index is 359. The van der Waals surface area contributed by atoms with Crippen molar-refractivity contribution in [3.8, 4) is 0 Å². The van der Waals surface area contributed by atoms with Crippen molar-refractivity contribution in [1.29, 1.82) is 0 Å². The molecule has 2 heteroatoms. The number of benzene rings is 1. The molecule has 0 aromatic heterocycles. The van der Waals surface area contributed by atoms with Crippen molar-refractivity contribution in [2.75, 3.05) is 0 Å². The first-order valence-electron chi connectivity index (χ1n) is 5.74. The van der Waals surface area contributed by atoms with Crippen molar-refractivity contribution in [3.05, 3.63) is 34.6 Å². The molecule has 0 spiro atoms. The van der Waals surface area contributed by atoms with E-state index >= 15 is 0 Å². The first kappa shape index (κ1) is 13.2. The van der Waals surface area contributed by atoms with E-state index in [9.17, 15) is 9.50 Å². The number of aliphatic hydroxyl groups excluding tert-OH is 1. The van der Waals surface area contributed by atoms with Crippen LogP contribution in [0.1, 0.15) is 50.0 Å². The molecule has 1 aromatic rings. The van der Waals surface area contributed by atoms with E-state index in [1.165, 1.54) is 12.1 Å². The molecule has 0 bridgehead atoms. The molecule has 0 saturated carbocycles. The minimum absolute atomic E-state index is 0.187. The molecule has 0 radical (unpaired) electrons. The first-order valence-corrected chi connectivity index (χ1v) is 5.74. The highest BCUT2D eigenvalue weighted by Crippen LogP contribution is 2.38. The standard InChI is InChI=1S/C14H21FO/c1-6-14(4,5)13(16)12-9(2)7-11(15)8-10(12)3/h7-8,13,16H,6H2,1-5H3. The first-order chi connectivity index (χ1) is 7.29. The summed E-state index contributed by atoms with van der Waals surface area (Å²) in [5.74, 6) is -0.236. The average Bonchev–Trinajstić information content (AvgIpc) is 2.15. The van der Waals surface area contributed by atoms with E-state index in [-0.39, 0.29) is 11.2 Å². The second kappa shape index (κ2) is 4.54. The Morgan fingerprint density at radius 3 is 2.06 bits per heavy atom. The van der Waals surface area contributed by atoms with Gasteiger partial charge in [-0.15, -0.1) is 0 Å². The number of aryl methyl sites for hydroxylation is 2.